The van der Waals surface area contributed by atoms with Gasteiger partial charge in [0, 0.05) is 18.3 Å². The quantitative estimate of drug-likeness (QED) is 0.716. The number of alkyl halides is 1. The molecular formula is C13H24ClNO. The number of halogens is 1. The second-order valence-corrected chi connectivity index (χ2v) is 5.39. The molecule has 0 bridgehead atoms. The number of nitrogens with one attached hydrogen (secondary N) is 1. The summed E-state index contributed by atoms with van der Waals surface area (Å²) in [6.45, 7) is 5.14. The van der Waals surface area contributed by atoms with E-state index in [2.05, 4.69) is 19.2 Å². The lowest BCUT2D eigenvalue weighted by Crippen LogP contribution is -2.35. The van der Waals surface area contributed by atoms with E-state index in [-0.39, 0.29) is 11.8 Å². The van der Waals surface area contributed by atoms with Crippen molar-refractivity contribution in [1.82, 2.24) is 5.32 Å². The van der Waals surface area contributed by atoms with Crippen LogP contribution in [0.25, 0.3) is 0 Å². The number of carbonyl (C=O) groups is 1. The monoisotopic (exact) mass is 245 g/mol. The largest absolute Gasteiger partial charge is 0.356 e. The fourth-order valence-electron chi connectivity index (χ4n) is 2.52. The first-order valence-electron chi connectivity index (χ1n) is 6.52. The zero-order chi connectivity index (χ0) is 12.0. The van der Waals surface area contributed by atoms with Gasteiger partial charge >= 0.3 is 0 Å². The number of carbonyl (C=O) groups excluding carboxylic acids is 1. The van der Waals surface area contributed by atoms with Crippen LogP contribution in [0.3, 0.4) is 0 Å². The molecule has 1 N–H and O–H groups in total. The van der Waals surface area contributed by atoms with E-state index in [4.69, 9.17) is 11.6 Å². The molecule has 1 aliphatic carbocycles. The molecular weight excluding hydrogens is 222 g/mol. The first-order valence-corrected chi connectivity index (χ1v) is 7.06. The lowest BCUT2D eigenvalue weighted by molar-refractivity contribution is -0.126. The Morgan fingerprint density at radius 2 is 2.25 bits per heavy atom. The van der Waals surface area contributed by atoms with Crippen LogP contribution in [0.2, 0.25) is 0 Å². The van der Waals surface area contributed by atoms with Gasteiger partial charge in [-0.3, -0.25) is 4.79 Å². The summed E-state index contributed by atoms with van der Waals surface area (Å²) in [5.74, 6) is 2.31. The molecule has 0 radical (unpaired) electrons. The van der Waals surface area contributed by atoms with Crippen LogP contribution in [0.1, 0.15) is 46.0 Å². The maximum Gasteiger partial charge on any atom is 0.223 e. The van der Waals surface area contributed by atoms with Gasteiger partial charge in [0.05, 0.1) is 0 Å². The van der Waals surface area contributed by atoms with Gasteiger partial charge in [-0.1, -0.05) is 26.7 Å². The molecule has 3 unspecified atom stereocenters. The van der Waals surface area contributed by atoms with Gasteiger partial charge in [0.1, 0.15) is 0 Å². The summed E-state index contributed by atoms with van der Waals surface area (Å²) in [6, 6.07) is 0. The molecule has 3 atom stereocenters. The van der Waals surface area contributed by atoms with E-state index in [9.17, 15) is 4.79 Å². The highest BCUT2D eigenvalue weighted by Crippen LogP contribution is 2.31. The fraction of sp³-hybridized carbons (Fsp3) is 0.923. The molecule has 1 saturated carbocycles. The second kappa shape index (κ2) is 7.16. The Labute approximate surface area is 104 Å². The molecule has 94 valence electrons. The lowest BCUT2D eigenvalue weighted by atomic mass is 9.96. The Hall–Kier alpha value is -0.240. The van der Waals surface area contributed by atoms with Crippen LogP contribution in [0.15, 0.2) is 0 Å². The first-order chi connectivity index (χ1) is 7.69. The maximum atomic E-state index is 11.9. The third-order valence-electron chi connectivity index (χ3n) is 3.86. The molecule has 16 heavy (non-hydrogen) atoms. The van der Waals surface area contributed by atoms with Crippen molar-refractivity contribution < 1.29 is 4.79 Å². The van der Waals surface area contributed by atoms with Crippen LogP contribution in [0, 0.1) is 17.8 Å². The minimum Gasteiger partial charge on any atom is -0.356 e. The highest BCUT2D eigenvalue weighted by molar-refractivity contribution is 6.17. The van der Waals surface area contributed by atoms with Gasteiger partial charge in [0.2, 0.25) is 5.91 Å². The zero-order valence-electron chi connectivity index (χ0n) is 10.5. The molecule has 2 nitrogen and oxygen atoms in total. The molecule has 0 aromatic heterocycles. The van der Waals surface area contributed by atoms with Crippen molar-refractivity contribution in [2.24, 2.45) is 17.8 Å². The molecule has 0 aliphatic heterocycles. The van der Waals surface area contributed by atoms with E-state index in [0.29, 0.717) is 17.7 Å². The van der Waals surface area contributed by atoms with Crippen molar-refractivity contribution in [3.63, 3.8) is 0 Å². The van der Waals surface area contributed by atoms with Gasteiger partial charge in [0.15, 0.2) is 0 Å². The minimum atomic E-state index is 0.258. The second-order valence-electron chi connectivity index (χ2n) is 5.01. The molecule has 0 aromatic carbocycles. The third kappa shape index (κ3) is 3.97. The molecule has 1 amide bonds. The number of rotatable bonds is 6. The Bertz CT molecular complexity index is 220. The highest BCUT2D eigenvalue weighted by Gasteiger charge is 2.29. The van der Waals surface area contributed by atoms with Crippen molar-refractivity contribution in [1.29, 1.82) is 0 Å². The predicted octanol–water partition coefficient (Wildman–Crippen LogP) is 3.19. The van der Waals surface area contributed by atoms with E-state index in [1.54, 1.807) is 0 Å². The molecule has 0 heterocycles. The summed E-state index contributed by atoms with van der Waals surface area (Å²) in [4.78, 5) is 11.9. The molecule has 0 aromatic rings. The van der Waals surface area contributed by atoms with Crippen molar-refractivity contribution in [3.8, 4) is 0 Å². The Kier molecular flexibility index (Phi) is 6.18. The molecule has 0 spiro atoms. The molecule has 0 saturated heterocycles. The van der Waals surface area contributed by atoms with Crippen molar-refractivity contribution in [3.05, 3.63) is 0 Å². The number of hydrogen-bond acceptors (Lipinski definition) is 1. The predicted molar refractivity (Wildman–Crippen MR) is 68.6 cm³/mol. The first kappa shape index (κ1) is 13.8. The summed E-state index contributed by atoms with van der Waals surface area (Å²) < 4.78 is 0. The Morgan fingerprint density at radius 1 is 1.50 bits per heavy atom. The highest BCUT2D eigenvalue weighted by atomic mass is 35.5. The van der Waals surface area contributed by atoms with Gasteiger partial charge in [0.25, 0.3) is 0 Å². The lowest BCUT2D eigenvalue weighted by Gasteiger charge is -2.18. The van der Waals surface area contributed by atoms with Gasteiger partial charge in [-0.2, -0.15) is 0 Å². The van der Waals surface area contributed by atoms with Crippen molar-refractivity contribution >= 4 is 17.5 Å². The van der Waals surface area contributed by atoms with Gasteiger partial charge < -0.3 is 5.32 Å². The summed E-state index contributed by atoms with van der Waals surface area (Å²) in [5, 5.41) is 3.09. The summed E-state index contributed by atoms with van der Waals surface area (Å²) in [5.41, 5.74) is 0. The SMILES string of the molecule is CCC(CCCl)CNC(=O)C1CCCC1C. The summed E-state index contributed by atoms with van der Waals surface area (Å²) in [6.07, 6.45) is 5.57. The molecule has 1 rings (SSSR count). The van der Waals surface area contributed by atoms with E-state index in [1.165, 1.54) is 12.8 Å². The minimum absolute atomic E-state index is 0.258. The maximum absolute atomic E-state index is 11.9. The van der Waals surface area contributed by atoms with Crippen molar-refractivity contribution in [2.45, 2.75) is 46.0 Å². The Balaban J connectivity index is 2.28. The fourth-order valence-corrected chi connectivity index (χ4v) is 2.82. The molecule has 3 heteroatoms. The van der Waals surface area contributed by atoms with Crippen LogP contribution in [-0.2, 0) is 4.79 Å². The third-order valence-corrected chi connectivity index (χ3v) is 4.08. The molecule has 1 fully saturated rings. The normalized spacial score (nSPS) is 26.7. The Morgan fingerprint density at radius 3 is 2.75 bits per heavy atom. The van der Waals surface area contributed by atoms with Crippen LogP contribution in [0.4, 0.5) is 0 Å². The summed E-state index contributed by atoms with van der Waals surface area (Å²) >= 11 is 5.73. The van der Waals surface area contributed by atoms with Crippen LogP contribution < -0.4 is 5.32 Å². The van der Waals surface area contributed by atoms with E-state index < -0.39 is 0 Å². The zero-order valence-corrected chi connectivity index (χ0v) is 11.2. The van der Waals surface area contributed by atoms with E-state index in [0.717, 1.165) is 25.8 Å². The van der Waals surface area contributed by atoms with E-state index in [1.807, 2.05) is 0 Å². The topological polar surface area (TPSA) is 29.1 Å². The van der Waals surface area contributed by atoms with Crippen LogP contribution >= 0.6 is 11.6 Å². The smallest absolute Gasteiger partial charge is 0.223 e. The van der Waals surface area contributed by atoms with Gasteiger partial charge in [-0.25, -0.2) is 0 Å². The summed E-state index contributed by atoms with van der Waals surface area (Å²) in [7, 11) is 0. The van der Waals surface area contributed by atoms with Crippen LogP contribution in [0.5, 0.6) is 0 Å². The van der Waals surface area contributed by atoms with E-state index >= 15 is 0 Å². The number of amides is 1. The van der Waals surface area contributed by atoms with Crippen molar-refractivity contribution in [2.75, 3.05) is 12.4 Å². The van der Waals surface area contributed by atoms with Crippen LogP contribution in [-0.4, -0.2) is 18.3 Å². The van der Waals surface area contributed by atoms with Gasteiger partial charge in [-0.05, 0) is 31.1 Å². The standard InChI is InChI=1S/C13H24ClNO/c1-3-11(7-8-14)9-15-13(16)12-6-4-5-10(12)2/h10-12H,3-9H2,1-2H3,(H,15,16). The van der Waals surface area contributed by atoms with Gasteiger partial charge in [-0.15, -0.1) is 11.6 Å². The molecule has 1 aliphatic rings. The number of hydrogen-bond donors (Lipinski definition) is 1. The average molecular weight is 246 g/mol. The average Bonchev–Trinajstić information content (AvgIpc) is 2.70.